The molecule has 7 heteroatoms. The quantitative estimate of drug-likeness (QED) is 0.723. The fourth-order valence-electron chi connectivity index (χ4n) is 3.68. The van der Waals surface area contributed by atoms with Crippen molar-refractivity contribution in [3.63, 3.8) is 0 Å². The minimum atomic E-state index is -0.389. The van der Waals surface area contributed by atoms with Crippen LogP contribution >= 0.6 is 0 Å². The van der Waals surface area contributed by atoms with Crippen molar-refractivity contribution in [3.05, 3.63) is 65.7 Å². The Morgan fingerprint density at radius 2 is 1.72 bits per heavy atom. The highest BCUT2D eigenvalue weighted by atomic mass is 19.1. The molecule has 1 aliphatic rings. The highest BCUT2D eigenvalue weighted by molar-refractivity contribution is 5.94. The first-order valence-electron chi connectivity index (χ1n) is 9.87. The van der Waals surface area contributed by atoms with E-state index in [9.17, 15) is 14.0 Å². The van der Waals surface area contributed by atoms with Crippen LogP contribution in [0.4, 0.5) is 4.39 Å². The molecule has 2 aromatic carbocycles. The Kier molecular flexibility index (Phi) is 5.55. The summed E-state index contributed by atoms with van der Waals surface area (Å²) >= 11 is 0. The van der Waals surface area contributed by atoms with Crippen molar-refractivity contribution in [1.82, 2.24) is 19.8 Å². The SMILES string of the molecule is O=C(NCc1nc2ccccc2n1CC(=O)N1CCCCC1)c1ccc(F)cc1. The van der Waals surface area contributed by atoms with Gasteiger partial charge in [-0.25, -0.2) is 9.37 Å². The van der Waals surface area contributed by atoms with Crippen LogP contribution in [0, 0.1) is 5.82 Å². The normalized spacial score (nSPS) is 14.2. The second-order valence-electron chi connectivity index (χ2n) is 7.23. The number of piperidine rings is 1. The predicted molar refractivity (Wildman–Crippen MR) is 108 cm³/mol. The first kappa shape index (κ1) is 19.1. The molecule has 6 nitrogen and oxygen atoms in total. The van der Waals surface area contributed by atoms with Gasteiger partial charge in [0.1, 0.15) is 18.2 Å². The molecule has 1 N–H and O–H groups in total. The van der Waals surface area contributed by atoms with Gasteiger partial charge in [-0.3, -0.25) is 9.59 Å². The summed E-state index contributed by atoms with van der Waals surface area (Å²) in [5, 5.41) is 2.82. The number of amides is 2. The standard InChI is InChI=1S/C22H23FN4O2/c23-17-10-8-16(9-11-17)22(29)24-14-20-25-18-6-2-3-7-19(18)27(20)15-21(28)26-12-4-1-5-13-26/h2-3,6-11H,1,4-5,12-15H2,(H,24,29). The van der Waals surface area contributed by atoms with Gasteiger partial charge in [-0.15, -0.1) is 0 Å². The molecule has 1 saturated heterocycles. The molecule has 1 aliphatic heterocycles. The molecule has 0 saturated carbocycles. The van der Waals surface area contributed by atoms with Crippen LogP contribution in [0.1, 0.15) is 35.4 Å². The van der Waals surface area contributed by atoms with Crippen LogP contribution in [0.3, 0.4) is 0 Å². The van der Waals surface area contributed by atoms with Crippen molar-refractivity contribution in [1.29, 1.82) is 0 Å². The summed E-state index contributed by atoms with van der Waals surface area (Å²) in [6, 6.07) is 13.0. The molecule has 0 bridgehead atoms. The lowest BCUT2D eigenvalue weighted by Gasteiger charge is -2.27. The summed E-state index contributed by atoms with van der Waals surface area (Å²) < 4.78 is 14.9. The van der Waals surface area contributed by atoms with Crippen LogP contribution in [0.25, 0.3) is 11.0 Å². The molecule has 0 unspecified atom stereocenters. The van der Waals surface area contributed by atoms with Gasteiger partial charge in [0, 0.05) is 18.7 Å². The summed E-state index contributed by atoms with van der Waals surface area (Å²) in [4.78, 5) is 31.7. The van der Waals surface area contributed by atoms with E-state index in [1.807, 2.05) is 33.7 Å². The lowest BCUT2D eigenvalue weighted by molar-refractivity contribution is -0.132. The molecule has 150 valence electrons. The summed E-state index contributed by atoms with van der Waals surface area (Å²) in [6.07, 6.45) is 3.24. The minimum absolute atomic E-state index is 0.0685. The molecular weight excluding hydrogens is 371 g/mol. The number of nitrogens with one attached hydrogen (secondary N) is 1. The van der Waals surface area contributed by atoms with Gasteiger partial charge in [0.05, 0.1) is 17.6 Å². The molecule has 29 heavy (non-hydrogen) atoms. The number of rotatable bonds is 5. The number of likely N-dealkylation sites (tertiary alicyclic amines) is 1. The molecule has 0 atom stereocenters. The third-order valence-electron chi connectivity index (χ3n) is 5.25. The van der Waals surface area contributed by atoms with Crippen LogP contribution < -0.4 is 5.32 Å². The second kappa shape index (κ2) is 8.43. The van der Waals surface area contributed by atoms with Gasteiger partial charge >= 0.3 is 0 Å². The topological polar surface area (TPSA) is 67.2 Å². The number of para-hydroxylation sites is 2. The van der Waals surface area contributed by atoms with Crippen LogP contribution in [0.2, 0.25) is 0 Å². The summed E-state index contributed by atoms with van der Waals surface area (Å²) in [5.41, 5.74) is 2.02. The average Bonchev–Trinajstić information content (AvgIpc) is 3.10. The Labute approximate surface area is 168 Å². The molecule has 1 aromatic heterocycles. The van der Waals surface area contributed by atoms with E-state index in [4.69, 9.17) is 0 Å². The number of fused-ring (bicyclic) bond motifs is 1. The first-order chi connectivity index (χ1) is 14.1. The van der Waals surface area contributed by atoms with Crippen molar-refractivity contribution in [2.45, 2.75) is 32.4 Å². The summed E-state index contributed by atoms with van der Waals surface area (Å²) in [7, 11) is 0. The van der Waals surface area contributed by atoms with E-state index in [1.165, 1.54) is 30.7 Å². The Balaban J connectivity index is 1.53. The summed E-state index contributed by atoms with van der Waals surface area (Å²) in [5.74, 6) is -0.0171. The van der Waals surface area contributed by atoms with Crippen LogP contribution in [0.15, 0.2) is 48.5 Å². The molecule has 2 amide bonds. The molecule has 0 aliphatic carbocycles. The molecule has 0 spiro atoms. The Bertz CT molecular complexity index is 1020. The Morgan fingerprint density at radius 1 is 1.00 bits per heavy atom. The lowest BCUT2D eigenvalue weighted by Crippen LogP contribution is -2.38. The van der Waals surface area contributed by atoms with E-state index in [0.29, 0.717) is 11.4 Å². The molecule has 1 fully saturated rings. The highest BCUT2D eigenvalue weighted by Gasteiger charge is 2.20. The first-order valence-corrected chi connectivity index (χ1v) is 9.87. The number of hydrogen-bond donors (Lipinski definition) is 1. The van der Waals surface area contributed by atoms with Crippen molar-refractivity contribution >= 4 is 22.8 Å². The molecule has 3 aromatic rings. The molecule has 2 heterocycles. The number of carbonyl (C=O) groups is 2. The highest BCUT2D eigenvalue weighted by Crippen LogP contribution is 2.18. The minimum Gasteiger partial charge on any atom is -0.345 e. The van der Waals surface area contributed by atoms with E-state index >= 15 is 0 Å². The van der Waals surface area contributed by atoms with Gasteiger partial charge in [-0.1, -0.05) is 12.1 Å². The maximum absolute atomic E-state index is 13.1. The van der Waals surface area contributed by atoms with Crippen molar-refractivity contribution in [2.24, 2.45) is 0 Å². The Hall–Kier alpha value is -3.22. The van der Waals surface area contributed by atoms with Gasteiger partial charge in [0.15, 0.2) is 0 Å². The molecular formula is C22H23FN4O2. The maximum Gasteiger partial charge on any atom is 0.251 e. The maximum atomic E-state index is 13.1. The van der Waals surface area contributed by atoms with E-state index in [-0.39, 0.29) is 30.7 Å². The van der Waals surface area contributed by atoms with Crippen molar-refractivity contribution in [3.8, 4) is 0 Å². The van der Waals surface area contributed by atoms with Gasteiger partial charge in [-0.05, 0) is 55.7 Å². The van der Waals surface area contributed by atoms with Crippen molar-refractivity contribution in [2.75, 3.05) is 13.1 Å². The largest absolute Gasteiger partial charge is 0.345 e. The van der Waals surface area contributed by atoms with Crippen LogP contribution in [0.5, 0.6) is 0 Å². The van der Waals surface area contributed by atoms with Crippen molar-refractivity contribution < 1.29 is 14.0 Å². The predicted octanol–water partition coefficient (Wildman–Crippen LogP) is 3.12. The molecule has 4 rings (SSSR count). The average molecular weight is 394 g/mol. The zero-order chi connectivity index (χ0) is 20.2. The molecule has 0 radical (unpaired) electrons. The number of carbonyl (C=O) groups excluding carboxylic acids is 2. The zero-order valence-electron chi connectivity index (χ0n) is 16.1. The van der Waals surface area contributed by atoms with Gasteiger partial charge in [0.2, 0.25) is 5.91 Å². The fraction of sp³-hybridized carbons (Fsp3) is 0.318. The van der Waals surface area contributed by atoms with E-state index < -0.39 is 0 Å². The van der Waals surface area contributed by atoms with Crippen LogP contribution in [-0.4, -0.2) is 39.4 Å². The van der Waals surface area contributed by atoms with Gasteiger partial charge < -0.3 is 14.8 Å². The van der Waals surface area contributed by atoms with Crippen LogP contribution in [-0.2, 0) is 17.9 Å². The number of aromatic nitrogens is 2. The summed E-state index contributed by atoms with van der Waals surface area (Å²) in [6.45, 7) is 1.96. The van der Waals surface area contributed by atoms with E-state index in [1.54, 1.807) is 0 Å². The van der Waals surface area contributed by atoms with E-state index in [0.717, 1.165) is 37.0 Å². The number of hydrogen-bond acceptors (Lipinski definition) is 3. The van der Waals surface area contributed by atoms with Gasteiger partial charge in [-0.2, -0.15) is 0 Å². The third kappa shape index (κ3) is 4.29. The lowest BCUT2D eigenvalue weighted by atomic mass is 10.1. The number of nitrogens with zero attached hydrogens (tertiary/aromatic N) is 3. The fourth-order valence-corrected chi connectivity index (χ4v) is 3.68. The smallest absolute Gasteiger partial charge is 0.251 e. The number of imidazole rings is 1. The number of halogens is 1. The second-order valence-corrected chi connectivity index (χ2v) is 7.23. The third-order valence-corrected chi connectivity index (χ3v) is 5.25. The number of benzene rings is 2. The zero-order valence-corrected chi connectivity index (χ0v) is 16.1. The van der Waals surface area contributed by atoms with Gasteiger partial charge in [0.25, 0.3) is 5.91 Å². The monoisotopic (exact) mass is 394 g/mol. The van der Waals surface area contributed by atoms with E-state index in [2.05, 4.69) is 10.3 Å². The Morgan fingerprint density at radius 3 is 2.48 bits per heavy atom.